The maximum atomic E-state index is 12.3. The first-order valence-electron chi connectivity index (χ1n) is 6.36. The number of amides is 1. The molecule has 0 heterocycles. The Labute approximate surface area is 115 Å². The summed E-state index contributed by atoms with van der Waals surface area (Å²) in [6.07, 6.45) is -4.76. The molecular weight excluding hydrogens is 271 g/mol. The molecule has 0 bridgehead atoms. The second-order valence-electron chi connectivity index (χ2n) is 4.69. The largest absolute Gasteiger partial charge is 0.394 e. The maximum absolute atomic E-state index is 12.3. The zero-order valence-corrected chi connectivity index (χ0v) is 11.2. The van der Waals surface area contributed by atoms with E-state index in [2.05, 4.69) is 5.32 Å². The summed E-state index contributed by atoms with van der Waals surface area (Å²) in [4.78, 5) is 11.6. The van der Waals surface area contributed by atoms with Gasteiger partial charge in [-0.15, -0.1) is 0 Å². The van der Waals surface area contributed by atoms with E-state index in [-0.39, 0.29) is 19.4 Å². The topological polar surface area (TPSA) is 49.3 Å². The maximum Gasteiger partial charge on any atom is 0.391 e. The van der Waals surface area contributed by atoms with Gasteiger partial charge in [0, 0.05) is 6.42 Å². The van der Waals surface area contributed by atoms with Crippen LogP contribution in [-0.2, 0) is 4.79 Å². The highest BCUT2D eigenvalue weighted by atomic mass is 19.4. The van der Waals surface area contributed by atoms with E-state index in [4.69, 9.17) is 0 Å². The summed E-state index contributed by atoms with van der Waals surface area (Å²) in [5.41, 5.74) is 0.715. The summed E-state index contributed by atoms with van der Waals surface area (Å²) in [6, 6.07) is 8.19. The van der Waals surface area contributed by atoms with E-state index in [0.29, 0.717) is 5.56 Å². The Bertz CT molecular complexity index is 420. The van der Waals surface area contributed by atoms with Crippen LogP contribution in [0.4, 0.5) is 13.2 Å². The van der Waals surface area contributed by atoms with E-state index in [1.54, 1.807) is 30.3 Å². The lowest BCUT2D eigenvalue weighted by molar-refractivity contribution is -0.171. The van der Waals surface area contributed by atoms with Crippen molar-refractivity contribution in [2.24, 2.45) is 5.92 Å². The minimum Gasteiger partial charge on any atom is -0.394 e. The van der Waals surface area contributed by atoms with E-state index in [1.807, 2.05) is 0 Å². The number of halogens is 3. The molecule has 2 atom stereocenters. The second kappa shape index (κ2) is 7.28. The molecule has 1 amide bonds. The Morgan fingerprint density at radius 2 is 1.90 bits per heavy atom. The minimum absolute atomic E-state index is 0.218. The molecule has 0 spiro atoms. The average molecular weight is 289 g/mol. The molecule has 0 aliphatic heterocycles. The molecule has 0 aliphatic rings. The molecule has 0 aliphatic carbocycles. The number of nitrogens with one attached hydrogen (secondary N) is 1. The smallest absolute Gasteiger partial charge is 0.391 e. The summed E-state index contributed by atoms with van der Waals surface area (Å²) in [6.45, 7) is 0.749. The third-order valence-corrected chi connectivity index (χ3v) is 3.08. The highest BCUT2D eigenvalue weighted by molar-refractivity contribution is 5.76. The van der Waals surface area contributed by atoms with Gasteiger partial charge in [0.15, 0.2) is 0 Å². The van der Waals surface area contributed by atoms with E-state index >= 15 is 0 Å². The SMILES string of the molecule is C[C@@H](CCC(=O)N[C@@H](CO)c1ccccc1)C(F)(F)F. The van der Waals surface area contributed by atoms with E-state index < -0.39 is 24.0 Å². The normalized spacial score (nSPS) is 14.7. The van der Waals surface area contributed by atoms with Crippen molar-refractivity contribution in [3.05, 3.63) is 35.9 Å². The number of carbonyl (C=O) groups excluding carboxylic acids is 1. The third kappa shape index (κ3) is 5.21. The molecule has 1 aromatic rings. The standard InChI is InChI=1S/C14H18F3NO2/c1-10(14(15,16)17)7-8-13(20)18-12(9-19)11-5-3-2-4-6-11/h2-6,10,12,19H,7-9H2,1H3,(H,18,20)/t10-,12-/m0/s1. The lowest BCUT2D eigenvalue weighted by atomic mass is 10.0. The zero-order valence-electron chi connectivity index (χ0n) is 11.2. The molecule has 6 heteroatoms. The van der Waals surface area contributed by atoms with Crippen molar-refractivity contribution in [1.82, 2.24) is 5.32 Å². The Morgan fingerprint density at radius 1 is 1.30 bits per heavy atom. The van der Waals surface area contributed by atoms with Crippen molar-refractivity contribution >= 4 is 5.91 Å². The fraction of sp³-hybridized carbons (Fsp3) is 0.500. The van der Waals surface area contributed by atoms with E-state index in [0.717, 1.165) is 6.92 Å². The molecule has 20 heavy (non-hydrogen) atoms. The van der Waals surface area contributed by atoms with Crippen molar-refractivity contribution in [2.75, 3.05) is 6.61 Å². The fourth-order valence-electron chi connectivity index (χ4n) is 1.70. The summed E-state index contributed by atoms with van der Waals surface area (Å²) in [7, 11) is 0. The van der Waals surface area contributed by atoms with Gasteiger partial charge in [0.1, 0.15) is 0 Å². The molecule has 0 saturated carbocycles. The van der Waals surface area contributed by atoms with Gasteiger partial charge in [0.2, 0.25) is 5.91 Å². The number of aliphatic hydroxyl groups is 1. The quantitative estimate of drug-likeness (QED) is 0.846. The summed E-state index contributed by atoms with van der Waals surface area (Å²) >= 11 is 0. The highest BCUT2D eigenvalue weighted by Crippen LogP contribution is 2.29. The van der Waals surface area contributed by atoms with Crippen molar-refractivity contribution in [3.8, 4) is 0 Å². The van der Waals surface area contributed by atoms with Gasteiger partial charge in [-0.3, -0.25) is 4.79 Å². The minimum atomic E-state index is -4.28. The predicted molar refractivity (Wildman–Crippen MR) is 68.9 cm³/mol. The Morgan fingerprint density at radius 3 is 2.40 bits per heavy atom. The summed E-state index contributed by atoms with van der Waals surface area (Å²) in [5, 5.41) is 11.8. The van der Waals surface area contributed by atoms with Crippen LogP contribution >= 0.6 is 0 Å². The van der Waals surface area contributed by atoms with Gasteiger partial charge in [0.05, 0.1) is 18.6 Å². The number of alkyl halides is 3. The van der Waals surface area contributed by atoms with Gasteiger partial charge in [-0.2, -0.15) is 13.2 Å². The monoisotopic (exact) mass is 289 g/mol. The first-order valence-corrected chi connectivity index (χ1v) is 6.36. The van der Waals surface area contributed by atoms with Crippen LogP contribution in [-0.4, -0.2) is 23.8 Å². The van der Waals surface area contributed by atoms with Crippen LogP contribution < -0.4 is 5.32 Å². The molecule has 0 aromatic heterocycles. The Balaban J connectivity index is 2.49. The van der Waals surface area contributed by atoms with Crippen LogP contribution in [0.25, 0.3) is 0 Å². The van der Waals surface area contributed by atoms with Crippen molar-refractivity contribution < 1.29 is 23.1 Å². The molecule has 0 radical (unpaired) electrons. The average Bonchev–Trinajstić information content (AvgIpc) is 2.42. The molecule has 1 aromatic carbocycles. The van der Waals surface area contributed by atoms with E-state index in [1.165, 1.54) is 0 Å². The first kappa shape index (κ1) is 16.5. The number of hydrogen-bond donors (Lipinski definition) is 2. The second-order valence-corrected chi connectivity index (χ2v) is 4.69. The number of benzene rings is 1. The molecule has 1 rings (SSSR count). The molecular formula is C14H18F3NO2. The molecule has 0 fully saturated rings. The lowest BCUT2D eigenvalue weighted by Crippen LogP contribution is -2.31. The predicted octanol–water partition coefficient (Wildman–Crippen LogP) is 2.81. The van der Waals surface area contributed by atoms with Gasteiger partial charge in [0.25, 0.3) is 0 Å². The number of carbonyl (C=O) groups is 1. The van der Waals surface area contributed by atoms with Gasteiger partial charge in [-0.25, -0.2) is 0 Å². The lowest BCUT2D eigenvalue weighted by Gasteiger charge is -2.18. The molecule has 112 valence electrons. The fourth-order valence-corrected chi connectivity index (χ4v) is 1.70. The van der Waals surface area contributed by atoms with Gasteiger partial charge >= 0.3 is 6.18 Å². The van der Waals surface area contributed by atoms with Gasteiger partial charge in [-0.05, 0) is 12.0 Å². The van der Waals surface area contributed by atoms with Crippen molar-refractivity contribution in [1.29, 1.82) is 0 Å². The van der Waals surface area contributed by atoms with Crippen molar-refractivity contribution in [2.45, 2.75) is 32.0 Å². The first-order chi connectivity index (χ1) is 9.34. The molecule has 0 saturated heterocycles. The molecule has 2 N–H and O–H groups in total. The number of hydrogen-bond acceptors (Lipinski definition) is 2. The van der Waals surface area contributed by atoms with Gasteiger partial charge < -0.3 is 10.4 Å². The molecule has 3 nitrogen and oxygen atoms in total. The number of rotatable bonds is 6. The summed E-state index contributed by atoms with van der Waals surface area (Å²) < 4.78 is 37.0. The van der Waals surface area contributed by atoms with Crippen LogP contribution in [0.15, 0.2) is 30.3 Å². The summed E-state index contributed by atoms with van der Waals surface area (Å²) in [5.74, 6) is -2.01. The van der Waals surface area contributed by atoms with E-state index in [9.17, 15) is 23.1 Å². The Kier molecular flexibility index (Phi) is 6.01. The van der Waals surface area contributed by atoms with Crippen molar-refractivity contribution in [3.63, 3.8) is 0 Å². The molecule has 0 unspecified atom stereocenters. The Hall–Kier alpha value is -1.56. The number of aliphatic hydroxyl groups excluding tert-OH is 1. The van der Waals surface area contributed by atoms with Gasteiger partial charge in [-0.1, -0.05) is 37.3 Å². The van der Waals surface area contributed by atoms with Crippen LogP contribution in [0.5, 0.6) is 0 Å². The van der Waals surface area contributed by atoms with Crippen LogP contribution in [0.3, 0.4) is 0 Å². The zero-order chi connectivity index (χ0) is 15.2. The van der Waals surface area contributed by atoms with Crippen LogP contribution in [0, 0.1) is 5.92 Å². The van der Waals surface area contributed by atoms with Crippen LogP contribution in [0.1, 0.15) is 31.4 Å². The highest BCUT2D eigenvalue weighted by Gasteiger charge is 2.35. The third-order valence-electron chi connectivity index (χ3n) is 3.08. The van der Waals surface area contributed by atoms with Crippen LogP contribution in [0.2, 0.25) is 0 Å².